The Morgan fingerprint density at radius 1 is 1.11 bits per heavy atom. The third-order valence-electron chi connectivity index (χ3n) is 5.29. The summed E-state index contributed by atoms with van der Waals surface area (Å²) in [6.45, 7) is 1.91. The number of piperidine rings is 1. The Hall–Kier alpha value is -2.53. The second-order valence-electron chi connectivity index (χ2n) is 7.17. The van der Waals surface area contributed by atoms with Crippen molar-refractivity contribution < 1.29 is 9.53 Å². The molecule has 0 aromatic heterocycles. The van der Waals surface area contributed by atoms with E-state index in [1.54, 1.807) is 7.11 Å². The number of rotatable bonds is 4. The first-order valence-corrected chi connectivity index (χ1v) is 10.5. The van der Waals surface area contributed by atoms with Gasteiger partial charge in [-0.3, -0.25) is 4.79 Å². The summed E-state index contributed by atoms with van der Waals surface area (Å²) in [5, 5.41) is 0.837. The molecule has 0 N–H and O–H groups in total. The van der Waals surface area contributed by atoms with Crippen molar-refractivity contribution in [2.45, 2.75) is 19.3 Å². The number of aliphatic imine (C=N–C) groups is 1. The molecule has 1 saturated heterocycles. The van der Waals surface area contributed by atoms with Gasteiger partial charge in [-0.05, 0) is 54.6 Å². The number of amides is 1. The van der Waals surface area contributed by atoms with Crippen molar-refractivity contribution in [1.82, 2.24) is 4.90 Å². The highest BCUT2D eigenvalue weighted by molar-refractivity contribution is 8.18. The molecule has 0 unspecified atom stereocenters. The molecule has 2 aromatic carbocycles. The van der Waals surface area contributed by atoms with Gasteiger partial charge in [0.05, 0.1) is 12.0 Å². The molecule has 0 saturated carbocycles. The minimum Gasteiger partial charge on any atom is -0.496 e. The summed E-state index contributed by atoms with van der Waals surface area (Å²) in [4.78, 5) is 19.6. The molecule has 1 amide bonds. The number of nitrogens with zero attached hydrogens (tertiary/aromatic N) is 2. The fraction of sp³-hybridized carbons (Fsp3) is 0.304. The highest BCUT2D eigenvalue weighted by Crippen LogP contribution is 2.34. The van der Waals surface area contributed by atoms with Crippen molar-refractivity contribution in [2.75, 3.05) is 20.2 Å². The highest BCUT2D eigenvalue weighted by atomic mass is 32.2. The van der Waals surface area contributed by atoms with Gasteiger partial charge in [-0.15, -0.1) is 0 Å². The number of carbonyl (C=O) groups is 1. The van der Waals surface area contributed by atoms with Gasteiger partial charge in [-0.1, -0.05) is 48.5 Å². The van der Waals surface area contributed by atoms with Crippen LogP contribution in [0.4, 0.5) is 0 Å². The molecule has 2 aromatic rings. The number of ether oxygens (including phenoxy) is 1. The average Bonchev–Trinajstić information content (AvgIpc) is 3.10. The second-order valence-corrected chi connectivity index (χ2v) is 8.18. The van der Waals surface area contributed by atoms with Crippen molar-refractivity contribution in [2.24, 2.45) is 10.9 Å². The van der Waals surface area contributed by atoms with Gasteiger partial charge in [0.2, 0.25) is 0 Å². The highest BCUT2D eigenvalue weighted by Gasteiger charge is 2.29. The summed E-state index contributed by atoms with van der Waals surface area (Å²) >= 11 is 1.48. The molecule has 144 valence electrons. The quantitative estimate of drug-likeness (QED) is 0.712. The van der Waals surface area contributed by atoms with Gasteiger partial charge in [0.25, 0.3) is 5.91 Å². The van der Waals surface area contributed by atoms with E-state index in [-0.39, 0.29) is 5.91 Å². The molecular formula is C23H24N2O2S. The van der Waals surface area contributed by atoms with Gasteiger partial charge in [-0.2, -0.15) is 4.99 Å². The van der Waals surface area contributed by atoms with Crippen LogP contribution in [0.1, 0.15) is 24.0 Å². The van der Waals surface area contributed by atoms with E-state index in [1.165, 1.54) is 17.3 Å². The topological polar surface area (TPSA) is 41.9 Å². The Bertz CT molecular complexity index is 900. The molecule has 0 bridgehead atoms. The number of hydrogen-bond donors (Lipinski definition) is 0. The third-order valence-corrected chi connectivity index (χ3v) is 6.33. The number of amidine groups is 1. The molecule has 2 heterocycles. The molecule has 2 aliphatic heterocycles. The molecule has 0 aliphatic carbocycles. The zero-order valence-electron chi connectivity index (χ0n) is 16.0. The summed E-state index contributed by atoms with van der Waals surface area (Å²) in [5.41, 5.74) is 2.31. The number of thioether (sulfide) groups is 1. The lowest BCUT2D eigenvalue weighted by atomic mass is 9.90. The predicted molar refractivity (Wildman–Crippen MR) is 115 cm³/mol. The van der Waals surface area contributed by atoms with Crippen molar-refractivity contribution in [3.63, 3.8) is 0 Å². The summed E-state index contributed by atoms with van der Waals surface area (Å²) in [7, 11) is 1.64. The van der Waals surface area contributed by atoms with Crippen LogP contribution in [-0.2, 0) is 11.2 Å². The van der Waals surface area contributed by atoms with Gasteiger partial charge in [0, 0.05) is 18.7 Å². The minimum absolute atomic E-state index is 0.155. The van der Waals surface area contributed by atoms with Gasteiger partial charge in [0.15, 0.2) is 5.17 Å². The number of benzene rings is 2. The van der Waals surface area contributed by atoms with E-state index in [9.17, 15) is 4.79 Å². The molecule has 5 heteroatoms. The number of hydrogen-bond acceptors (Lipinski definition) is 4. The van der Waals surface area contributed by atoms with Gasteiger partial charge in [0.1, 0.15) is 5.75 Å². The van der Waals surface area contributed by atoms with Crippen LogP contribution in [0.25, 0.3) is 6.08 Å². The van der Waals surface area contributed by atoms with Crippen LogP contribution >= 0.6 is 11.8 Å². The van der Waals surface area contributed by atoms with Crippen LogP contribution < -0.4 is 4.74 Å². The van der Waals surface area contributed by atoms with E-state index < -0.39 is 0 Å². The van der Waals surface area contributed by atoms with Crippen LogP contribution in [0.15, 0.2) is 64.5 Å². The molecule has 28 heavy (non-hydrogen) atoms. The Balaban J connectivity index is 1.37. The van der Waals surface area contributed by atoms with Gasteiger partial charge in [-0.25, -0.2) is 0 Å². The molecule has 2 aliphatic rings. The standard InChI is InChI=1S/C23H24N2O2S/c1-27-20-10-6-5-9-19(20)16-21-22(26)24-23(28-21)25-13-11-18(12-14-25)15-17-7-3-2-4-8-17/h2-10,16,18H,11-15H2,1H3/b21-16-. The Kier molecular flexibility index (Phi) is 5.81. The van der Waals surface area contributed by atoms with Crippen molar-refractivity contribution >= 4 is 28.9 Å². The van der Waals surface area contributed by atoms with E-state index in [0.29, 0.717) is 10.8 Å². The summed E-state index contributed by atoms with van der Waals surface area (Å²) in [6.07, 6.45) is 5.28. The smallest absolute Gasteiger partial charge is 0.286 e. The van der Waals surface area contributed by atoms with Crippen molar-refractivity contribution in [1.29, 1.82) is 0 Å². The normalized spacial score (nSPS) is 19.2. The van der Waals surface area contributed by atoms with Crippen LogP contribution in [0.2, 0.25) is 0 Å². The van der Waals surface area contributed by atoms with E-state index >= 15 is 0 Å². The number of para-hydroxylation sites is 1. The summed E-state index contributed by atoms with van der Waals surface area (Å²) < 4.78 is 5.38. The van der Waals surface area contributed by atoms with Crippen LogP contribution in [-0.4, -0.2) is 36.2 Å². The zero-order chi connectivity index (χ0) is 19.3. The van der Waals surface area contributed by atoms with E-state index in [2.05, 4.69) is 40.2 Å². The first-order chi connectivity index (χ1) is 13.7. The fourth-order valence-electron chi connectivity index (χ4n) is 3.74. The SMILES string of the molecule is COc1ccccc1/C=C1\SC(N2CCC(Cc3ccccc3)CC2)=NC1=O. The third kappa shape index (κ3) is 4.30. The first-order valence-electron chi connectivity index (χ1n) is 9.67. The van der Waals surface area contributed by atoms with E-state index in [4.69, 9.17) is 4.74 Å². The largest absolute Gasteiger partial charge is 0.496 e. The maximum Gasteiger partial charge on any atom is 0.286 e. The first kappa shape index (κ1) is 18.8. The van der Waals surface area contributed by atoms with Crippen LogP contribution in [0.3, 0.4) is 0 Å². The summed E-state index contributed by atoms with van der Waals surface area (Å²) in [6, 6.07) is 18.4. The second kappa shape index (κ2) is 8.65. The van der Waals surface area contributed by atoms with Crippen LogP contribution in [0, 0.1) is 5.92 Å². The maximum absolute atomic E-state index is 12.4. The Morgan fingerprint density at radius 2 is 1.82 bits per heavy atom. The predicted octanol–water partition coefficient (Wildman–Crippen LogP) is 4.62. The lowest BCUT2D eigenvalue weighted by Gasteiger charge is -2.32. The molecule has 0 spiro atoms. The Labute approximate surface area is 170 Å². The number of likely N-dealkylation sites (tertiary alicyclic amines) is 1. The minimum atomic E-state index is -0.155. The average molecular weight is 393 g/mol. The summed E-state index contributed by atoms with van der Waals surface area (Å²) in [5.74, 6) is 1.31. The Morgan fingerprint density at radius 3 is 2.57 bits per heavy atom. The van der Waals surface area contributed by atoms with Crippen molar-refractivity contribution in [3.05, 3.63) is 70.6 Å². The van der Waals surface area contributed by atoms with Gasteiger partial charge >= 0.3 is 0 Å². The van der Waals surface area contributed by atoms with Crippen molar-refractivity contribution in [3.8, 4) is 5.75 Å². The molecule has 1 fully saturated rings. The monoisotopic (exact) mass is 392 g/mol. The lowest BCUT2D eigenvalue weighted by molar-refractivity contribution is -0.113. The maximum atomic E-state index is 12.4. The molecule has 4 rings (SSSR count). The molecule has 4 nitrogen and oxygen atoms in total. The molecular weight excluding hydrogens is 368 g/mol. The van der Waals surface area contributed by atoms with Crippen LogP contribution in [0.5, 0.6) is 5.75 Å². The number of methoxy groups -OCH3 is 1. The fourth-order valence-corrected chi connectivity index (χ4v) is 4.69. The lowest BCUT2D eigenvalue weighted by Crippen LogP contribution is -2.37. The van der Waals surface area contributed by atoms with Gasteiger partial charge < -0.3 is 9.64 Å². The molecule has 0 radical (unpaired) electrons. The molecule has 0 atom stereocenters. The number of carbonyl (C=O) groups excluding carboxylic acids is 1. The van der Waals surface area contributed by atoms with E-state index in [1.807, 2.05) is 30.3 Å². The zero-order valence-corrected chi connectivity index (χ0v) is 16.8. The van der Waals surface area contributed by atoms with E-state index in [0.717, 1.165) is 48.8 Å².